The molecule has 0 bridgehead atoms. The maximum atomic E-state index is 5.14. The molecule has 0 fully saturated rings. The predicted molar refractivity (Wildman–Crippen MR) is 74.7 cm³/mol. The first-order chi connectivity index (χ1) is 8.77. The van der Waals surface area contributed by atoms with Crippen LogP contribution in [0.5, 0.6) is 0 Å². The number of hydrogen-bond acceptors (Lipinski definition) is 3. The van der Waals surface area contributed by atoms with Crippen molar-refractivity contribution in [2.24, 2.45) is 0 Å². The lowest BCUT2D eigenvalue weighted by Gasteiger charge is -2.10. The highest BCUT2D eigenvalue weighted by molar-refractivity contribution is 9.08. The first-order valence-electron chi connectivity index (χ1n) is 5.81. The SMILES string of the molecule is COCCn1c(CBr)nnc1-c1ccccc1C. The van der Waals surface area contributed by atoms with Gasteiger partial charge < -0.3 is 9.30 Å². The van der Waals surface area contributed by atoms with E-state index in [-0.39, 0.29) is 0 Å². The van der Waals surface area contributed by atoms with Crippen LogP contribution in [0.1, 0.15) is 11.4 Å². The normalized spacial score (nSPS) is 10.8. The number of alkyl halides is 1. The van der Waals surface area contributed by atoms with Gasteiger partial charge in [0.25, 0.3) is 0 Å². The standard InChI is InChI=1S/C13H16BrN3O/c1-10-5-3-4-6-11(10)13-16-15-12(9-14)17(13)7-8-18-2/h3-6H,7-9H2,1-2H3. The van der Waals surface area contributed by atoms with E-state index < -0.39 is 0 Å². The average Bonchev–Trinajstić information content (AvgIpc) is 2.79. The minimum absolute atomic E-state index is 0.650. The van der Waals surface area contributed by atoms with E-state index in [0.29, 0.717) is 11.9 Å². The molecule has 5 heteroatoms. The Balaban J connectivity index is 2.44. The van der Waals surface area contributed by atoms with Gasteiger partial charge in [0, 0.05) is 19.2 Å². The highest BCUT2D eigenvalue weighted by atomic mass is 79.9. The minimum atomic E-state index is 0.650. The Labute approximate surface area is 115 Å². The Bertz CT molecular complexity index is 525. The van der Waals surface area contributed by atoms with E-state index in [1.807, 2.05) is 12.1 Å². The minimum Gasteiger partial charge on any atom is -0.383 e. The summed E-state index contributed by atoms with van der Waals surface area (Å²) in [5.74, 6) is 1.82. The molecular weight excluding hydrogens is 294 g/mol. The molecule has 18 heavy (non-hydrogen) atoms. The molecular formula is C13H16BrN3O. The molecule has 0 radical (unpaired) electrons. The van der Waals surface area contributed by atoms with Gasteiger partial charge in [-0.25, -0.2) is 0 Å². The molecule has 0 unspecified atom stereocenters. The van der Waals surface area contributed by atoms with Gasteiger partial charge in [-0.3, -0.25) is 0 Å². The molecule has 1 heterocycles. The van der Waals surface area contributed by atoms with Crippen LogP contribution in [0.2, 0.25) is 0 Å². The second kappa shape index (κ2) is 6.11. The molecule has 1 aromatic heterocycles. The zero-order valence-electron chi connectivity index (χ0n) is 10.6. The Morgan fingerprint density at radius 1 is 1.28 bits per heavy atom. The lowest BCUT2D eigenvalue weighted by atomic mass is 10.1. The summed E-state index contributed by atoms with van der Waals surface area (Å²) in [6.45, 7) is 3.49. The van der Waals surface area contributed by atoms with Gasteiger partial charge in [-0.15, -0.1) is 10.2 Å². The molecule has 4 nitrogen and oxygen atoms in total. The smallest absolute Gasteiger partial charge is 0.164 e. The summed E-state index contributed by atoms with van der Waals surface area (Å²) >= 11 is 3.44. The van der Waals surface area contributed by atoms with Crippen molar-refractivity contribution in [3.8, 4) is 11.4 Å². The molecule has 1 aromatic carbocycles. The van der Waals surface area contributed by atoms with Gasteiger partial charge in [0.15, 0.2) is 5.82 Å². The van der Waals surface area contributed by atoms with Crippen LogP contribution >= 0.6 is 15.9 Å². The molecule has 0 saturated heterocycles. The lowest BCUT2D eigenvalue weighted by molar-refractivity contribution is 0.187. The van der Waals surface area contributed by atoms with Gasteiger partial charge in [0.05, 0.1) is 11.9 Å². The number of aryl methyl sites for hydroxylation is 1. The van der Waals surface area contributed by atoms with Crippen molar-refractivity contribution in [3.63, 3.8) is 0 Å². The second-order valence-corrected chi connectivity index (χ2v) is 4.59. The molecule has 0 aliphatic heterocycles. The zero-order valence-corrected chi connectivity index (χ0v) is 12.1. The fourth-order valence-electron chi connectivity index (χ4n) is 1.87. The number of aromatic nitrogens is 3. The third-order valence-corrected chi connectivity index (χ3v) is 3.35. The van der Waals surface area contributed by atoms with E-state index in [4.69, 9.17) is 4.74 Å². The fourth-order valence-corrected chi connectivity index (χ4v) is 2.29. The molecule has 0 aliphatic rings. The van der Waals surface area contributed by atoms with Crippen molar-refractivity contribution >= 4 is 15.9 Å². The Morgan fingerprint density at radius 3 is 2.72 bits per heavy atom. The molecule has 96 valence electrons. The van der Waals surface area contributed by atoms with Gasteiger partial charge in [0.2, 0.25) is 0 Å². The van der Waals surface area contributed by atoms with Crippen LogP contribution in [0.3, 0.4) is 0 Å². The van der Waals surface area contributed by atoms with Gasteiger partial charge in [-0.05, 0) is 12.5 Å². The van der Waals surface area contributed by atoms with Crippen molar-refractivity contribution in [2.75, 3.05) is 13.7 Å². The van der Waals surface area contributed by atoms with Crippen LogP contribution in [0.25, 0.3) is 11.4 Å². The van der Waals surface area contributed by atoms with Crippen molar-refractivity contribution in [1.82, 2.24) is 14.8 Å². The summed E-state index contributed by atoms with van der Waals surface area (Å²) in [5, 5.41) is 9.20. The first-order valence-corrected chi connectivity index (χ1v) is 6.93. The summed E-state index contributed by atoms with van der Waals surface area (Å²) in [5.41, 5.74) is 2.32. The summed E-state index contributed by atoms with van der Waals surface area (Å²) < 4.78 is 7.24. The molecule has 0 spiro atoms. The molecule has 0 N–H and O–H groups in total. The van der Waals surface area contributed by atoms with E-state index in [1.54, 1.807) is 7.11 Å². The van der Waals surface area contributed by atoms with Crippen LogP contribution in [0.4, 0.5) is 0 Å². The van der Waals surface area contributed by atoms with E-state index >= 15 is 0 Å². The van der Waals surface area contributed by atoms with Crippen LogP contribution in [0, 0.1) is 6.92 Å². The van der Waals surface area contributed by atoms with Gasteiger partial charge in [-0.2, -0.15) is 0 Å². The monoisotopic (exact) mass is 309 g/mol. The highest BCUT2D eigenvalue weighted by Crippen LogP contribution is 2.22. The summed E-state index contributed by atoms with van der Waals surface area (Å²) in [4.78, 5) is 0. The number of benzene rings is 1. The molecule has 0 saturated carbocycles. The van der Waals surface area contributed by atoms with Crippen molar-refractivity contribution in [1.29, 1.82) is 0 Å². The summed E-state index contributed by atoms with van der Waals surface area (Å²) in [6.07, 6.45) is 0. The third-order valence-electron chi connectivity index (χ3n) is 2.85. The molecule has 2 rings (SSSR count). The number of halogens is 1. The predicted octanol–water partition coefficient (Wildman–Crippen LogP) is 2.79. The van der Waals surface area contributed by atoms with Gasteiger partial charge >= 0.3 is 0 Å². The van der Waals surface area contributed by atoms with Crippen LogP contribution < -0.4 is 0 Å². The lowest BCUT2D eigenvalue weighted by Crippen LogP contribution is -2.09. The maximum absolute atomic E-state index is 5.14. The number of methoxy groups -OCH3 is 1. The van der Waals surface area contributed by atoms with E-state index in [0.717, 1.165) is 23.8 Å². The van der Waals surface area contributed by atoms with Crippen LogP contribution in [0.15, 0.2) is 24.3 Å². The molecule has 0 amide bonds. The van der Waals surface area contributed by atoms with E-state index in [9.17, 15) is 0 Å². The molecule has 0 aliphatic carbocycles. The van der Waals surface area contributed by atoms with Crippen molar-refractivity contribution in [3.05, 3.63) is 35.7 Å². The fraction of sp³-hybridized carbons (Fsp3) is 0.385. The molecule has 0 atom stereocenters. The Kier molecular flexibility index (Phi) is 4.49. The first kappa shape index (κ1) is 13.2. The van der Waals surface area contributed by atoms with Gasteiger partial charge in [-0.1, -0.05) is 40.2 Å². The second-order valence-electron chi connectivity index (χ2n) is 4.03. The van der Waals surface area contributed by atoms with Crippen LogP contribution in [-0.2, 0) is 16.6 Å². The number of nitrogens with zero attached hydrogens (tertiary/aromatic N) is 3. The average molecular weight is 310 g/mol. The molecule has 2 aromatic rings. The van der Waals surface area contributed by atoms with Crippen molar-refractivity contribution in [2.45, 2.75) is 18.8 Å². The van der Waals surface area contributed by atoms with Crippen molar-refractivity contribution < 1.29 is 4.74 Å². The topological polar surface area (TPSA) is 39.9 Å². The largest absolute Gasteiger partial charge is 0.383 e. The third kappa shape index (κ3) is 2.62. The maximum Gasteiger partial charge on any atom is 0.164 e. The Hall–Kier alpha value is -1.20. The number of rotatable bonds is 5. The summed E-state index contributed by atoms with van der Waals surface area (Å²) in [6, 6.07) is 8.20. The van der Waals surface area contributed by atoms with Gasteiger partial charge in [0.1, 0.15) is 5.82 Å². The quantitative estimate of drug-likeness (QED) is 0.797. The summed E-state index contributed by atoms with van der Waals surface area (Å²) in [7, 11) is 1.70. The zero-order chi connectivity index (χ0) is 13.0. The number of ether oxygens (including phenoxy) is 1. The number of hydrogen-bond donors (Lipinski definition) is 0. The van der Waals surface area contributed by atoms with E-state index in [1.165, 1.54) is 5.56 Å². The Morgan fingerprint density at radius 2 is 2.06 bits per heavy atom. The van der Waals surface area contributed by atoms with Crippen LogP contribution in [-0.4, -0.2) is 28.5 Å². The van der Waals surface area contributed by atoms with E-state index in [2.05, 4.69) is 49.8 Å². The highest BCUT2D eigenvalue weighted by Gasteiger charge is 2.13.